The molecule has 31 heavy (non-hydrogen) atoms. The molecule has 0 spiro atoms. The summed E-state index contributed by atoms with van der Waals surface area (Å²) in [6.07, 6.45) is 4.41. The standard InChI is InChI=1S/C21H21Cl2N5O3/c1-2-11-28(13-18(29)25-17-12-15(22)3-4-16(17)23)20(30)6-5-19-26-21(27-31-19)14-7-9-24-10-8-14/h3-4,7-10,12H,2,5-6,11,13H2,1H3,(H,25,29). The number of rotatable bonds is 9. The van der Waals surface area contributed by atoms with E-state index in [1.165, 1.54) is 4.90 Å². The molecule has 3 rings (SSSR count). The molecule has 0 aliphatic rings. The van der Waals surface area contributed by atoms with Gasteiger partial charge >= 0.3 is 0 Å². The second-order valence-corrected chi connectivity index (χ2v) is 7.58. The Morgan fingerprint density at radius 3 is 2.68 bits per heavy atom. The molecule has 3 aromatic rings. The molecule has 1 aromatic carbocycles. The van der Waals surface area contributed by atoms with Gasteiger partial charge in [0.1, 0.15) is 0 Å². The van der Waals surface area contributed by atoms with Gasteiger partial charge in [-0.3, -0.25) is 14.6 Å². The van der Waals surface area contributed by atoms with E-state index in [-0.39, 0.29) is 31.2 Å². The fraction of sp³-hybridized carbons (Fsp3) is 0.286. The van der Waals surface area contributed by atoms with E-state index < -0.39 is 0 Å². The normalized spacial score (nSPS) is 10.7. The largest absolute Gasteiger partial charge is 0.339 e. The quantitative estimate of drug-likeness (QED) is 0.510. The summed E-state index contributed by atoms with van der Waals surface area (Å²) in [5, 5.41) is 7.44. The molecule has 10 heteroatoms. The Balaban J connectivity index is 1.57. The SMILES string of the molecule is CCCN(CC(=O)Nc1cc(Cl)ccc1Cl)C(=O)CCc1nc(-c2ccncc2)no1. The molecule has 8 nitrogen and oxygen atoms in total. The number of halogens is 2. The summed E-state index contributed by atoms with van der Waals surface area (Å²) in [7, 11) is 0. The Kier molecular flexibility index (Phi) is 7.97. The van der Waals surface area contributed by atoms with Gasteiger partial charge in [-0.1, -0.05) is 35.3 Å². The van der Waals surface area contributed by atoms with Crippen LogP contribution in [0.1, 0.15) is 25.7 Å². The van der Waals surface area contributed by atoms with Crippen molar-refractivity contribution in [2.24, 2.45) is 0 Å². The van der Waals surface area contributed by atoms with Crippen molar-refractivity contribution in [2.45, 2.75) is 26.2 Å². The Bertz CT molecular complexity index is 1040. The van der Waals surface area contributed by atoms with Crippen LogP contribution in [0, 0.1) is 0 Å². The highest BCUT2D eigenvalue weighted by Crippen LogP contribution is 2.25. The molecule has 0 radical (unpaired) electrons. The summed E-state index contributed by atoms with van der Waals surface area (Å²) in [4.78, 5) is 34.9. The lowest BCUT2D eigenvalue weighted by Crippen LogP contribution is -2.38. The zero-order valence-electron chi connectivity index (χ0n) is 16.8. The van der Waals surface area contributed by atoms with Crippen molar-refractivity contribution >= 4 is 40.7 Å². The topological polar surface area (TPSA) is 101 Å². The second kappa shape index (κ2) is 10.9. The van der Waals surface area contributed by atoms with Crippen LogP contribution in [0.3, 0.4) is 0 Å². The molecule has 0 fully saturated rings. The zero-order chi connectivity index (χ0) is 22.2. The minimum atomic E-state index is -0.358. The molecule has 0 aliphatic carbocycles. The van der Waals surface area contributed by atoms with Gasteiger partial charge in [-0.05, 0) is 36.8 Å². The second-order valence-electron chi connectivity index (χ2n) is 6.74. The highest BCUT2D eigenvalue weighted by molar-refractivity contribution is 6.35. The van der Waals surface area contributed by atoms with Crippen LogP contribution in [-0.4, -0.2) is 44.9 Å². The summed E-state index contributed by atoms with van der Waals surface area (Å²) in [5.41, 5.74) is 1.18. The van der Waals surface area contributed by atoms with Crippen molar-refractivity contribution < 1.29 is 14.1 Å². The number of anilines is 1. The monoisotopic (exact) mass is 461 g/mol. The lowest BCUT2D eigenvalue weighted by molar-refractivity contribution is -0.134. The highest BCUT2D eigenvalue weighted by atomic mass is 35.5. The number of pyridine rings is 1. The van der Waals surface area contributed by atoms with Crippen LogP contribution in [0.15, 0.2) is 47.2 Å². The molecular formula is C21H21Cl2N5O3. The van der Waals surface area contributed by atoms with Crippen LogP contribution >= 0.6 is 23.2 Å². The Morgan fingerprint density at radius 2 is 1.94 bits per heavy atom. The average Bonchev–Trinajstić information content (AvgIpc) is 3.24. The van der Waals surface area contributed by atoms with Crippen LogP contribution in [-0.2, 0) is 16.0 Å². The van der Waals surface area contributed by atoms with E-state index in [1.807, 2.05) is 6.92 Å². The van der Waals surface area contributed by atoms with E-state index in [2.05, 4.69) is 20.4 Å². The number of benzene rings is 1. The maximum atomic E-state index is 12.7. The average molecular weight is 462 g/mol. The molecule has 0 unspecified atom stereocenters. The highest BCUT2D eigenvalue weighted by Gasteiger charge is 2.19. The van der Waals surface area contributed by atoms with Crippen molar-refractivity contribution in [2.75, 3.05) is 18.4 Å². The van der Waals surface area contributed by atoms with Gasteiger partial charge in [0.15, 0.2) is 0 Å². The molecule has 0 saturated carbocycles. The van der Waals surface area contributed by atoms with Crippen molar-refractivity contribution in [3.63, 3.8) is 0 Å². The molecule has 1 N–H and O–H groups in total. The summed E-state index contributed by atoms with van der Waals surface area (Å²) in [6.45, 7) is 2.29. The summed E-state index contributed by atoms with van der Waals surface area (Å²) in [6, 6.07) is 8.33. The molecule has 0 saturated heterocycles. The minimum absolute atomic E-state index is 0.0956. The number of hydrogen-bond donors (Lipinski definition) is 1. The summed E-state index contributed by atoms with van der Waals surface area (Å²) in [5.74, 6) is 0.251. The number of aryl methyl sites for hydroxylation is 1. The van der Waals surface area contributed by atoms with Gasteiger partial charge in [-0.15, -0.1) is 0 Å². The predicted octanol–water partition coefficient (Wildman–Crippen LogP) is 4.25. The first-order valence-corrected chi connectivity index (χ1v) is 10.5. The van der Waals surface area contributed by atoms with Crippen molar-refractivity contribution in [1.29, 1.82) is 0 Å². The van der Waals surface area contributed by atoms with Crippen LogP contribution in [0.25, 0.3) is 11.4 Å². The fourth-order valence-corrected chi connectivity index (χ4v) is 3.20. The van der Waals surface area contributed by atoms with Crippen LogP contribution < -0.4 is 5.32 Å². The molecule has 0 bridgehead atoms. The molecule has 2 amide bonds. The van der Waals surface area contributed by atoms with E-state index in [0.29, 0.717) is 40.4 Å². The van der Waals surface area contributed by atoms with E-state index in [0.717, 1.165) is 5.56 Å². The van der Waals surface area contributed by atoms with Gasteiger partial charge in [-0.2, -0.15) is 4.98 Å². The minimum Gasteiger partial charge on any atom is -0.339 e. The molecule has 0 aliphatic heterocycles. The number of nitrogens with one attached hydrogen (secondary N) is 1. The first kappa shape index (κ1) is 22.7. The number of carbonyl (C=O) groups excluding carboxylic acids is 2. The molecular weight excluding hydrogens is 441 g/mol. The van der Waals surface area contributed by atoms with E-state index in [1.54, 1.807) is 42.7 Å². The van der Waals surface area contributed by atoms with Crippen LogP contribution in [0.4, 0.5) is 5.69 Å². The molecule has 0 atom stereocenters. The van der Waals surface area contributed by atoms with Gasteiger partial charge in [-0.25, -0.2) is 0 Å². The molecule has 162 valence electrons. The van der Waals surface area contributed by atoms with E-state index >= 15 is 0 Å². The Morgan fingerprint density at radius 1 is 1.16 bits per heavy atom. The fourth-order valence-electron chi connectivity index (χ4n) is 2.86. The number of amides is 2. The summed E-state index contributed by atoms with van der Waals surface area (Å²) < 4.78 is 5.23. The maximum absolute atomic E-state index is 12.7. The van der Waals surface area contributed by atoms with E-state index in [4.69, 9.17) is 27.7 Å². The molecule has 2 heterocycles. The van der Waals surface area contributed by atoms with E-state index in [9.17, 15) is 9.59 Å². The van der Waals surface area contributed by atoms with Gasteiger partial charge in [0.2, 0.25) is 23.5 Å². The third-order valence-electron chi connectivity index (χ3n) is 4.34. The predicted molar refractivity (Wildman–Crippen MR) is 118 cm³/mol. The van der Waals surface area contributed by atoms with Gasteiger partial charge in [0.05, 0.1) is 17.3 Å². The number of hydrogen-bond acceptors (Lipinski definition) is 6. The maximum Gasteiger partial charge on any atom is 0.244 e. The van der Waals surface area contributed by atoms with Gasteiger partial charge in [0.25, 0.3) is 0 Å². The smallest absolute Gasteiger partial charge is 0.244 e. The third kappa shape index (κ3) is 6.50. The van der Waals surface area contributed by atoms with Gasteiger partial charge < -0.3 is 14.7 Å². The Hall–Kier alpha value is -2.97. The lowest BCUT2D eigenvalue weighted by atomic mass is 10.2. The Labute approximate surface area is 189 Å². The van der Waals surface area contributed by atoms with Crippen molar-refractivity contribution in [3.05, 3.63) is 58.7 Å². The van der Waals surface area contributed by atoms with Crippen LogP contribution in [0.5, 0.6) is 0 Å². The lowest BCUT2D eigenvalue weighted by Gasteiger charge is -2.21. The van der Waals surface area contributed by atoms with Crippen molar-refractivity contribution in [3.8, 4) is 11.4 Å². The number of aromatic nitrogens is 3. The zero-order valence-corrected chi connectivity index (χ0v) is 18.4. The first-order chi connectivity index (χ1) is 15.0. The third-order valence-corrected chi connectivity index (χ3v) is 4.91. The van der Waals surface area contributed by atoms with Crippen molar-refractivity contribution in [1.82, 2.24) is 20.0 Å². The summed E-state index contributed by atoms with van der Waals surface area (Å²) >= 11 is 12.0. The number of nitrogens with zero attached hydrogens (tertiary/aromatic N) is 4. The number of carbonyl (C=O) groups is 2. The van der Waals surface area contributed by atoms with Crippen LogP contribution in [0.2, 0.25) is 10.0 Å². The molecule has 2 aromatic heterocycles. The first-order valence-electron chi connectivity index (χ1n) is 9.72. The van der Waals surface area contributed by atoms with Gasteiger partial charge in [0, 0.05) is 42.4 Å².